The Morgan fingerprint density at radius 2 is 2.29 bits per heavy atom. The van der Waals surface area contributed by atoms with Crippen LogP contribution in [0.15, 0.2) is 12.1 Å². The minimum atomic E-state index is -0.912. The number of hydrogen-bond acceptors (Lipinski definition) is 2. The van der Waals surface area contributed by atoms with Gasteiger partial charge in [-0.3, -0.25) is 4.79 Å². The fourth-order valence-corrected chi connectivity index (χ4v) is 1.86. The summed E-state index contributed by atoms with van der Waals surface area (Å²) < 4.78 is 0.826. The van der Waals surface area contributed by atoms with Crippen LogP contribution in [0.3, 0.4) is 0 Å². The van der Waals surface area contributed by atoms with E-state index in [1.54, 1.807) is 6.92 Å². The summed E-state index contributed by atoms with van der Waals surface area (Å²) >= 11 is 2.04. The standard InChI is InChI=1S/C10H8INO2/c1-6-2-3-9(11)7(4-10(13)14)8(6)5-12/h2-3H,4H2,1H3,(H,13,14). The molecule has 0 unspecified atom stereocenters. The lowest BCUT2D eigenvalue weighted by atomic mass is 10.0. The number of carboxylic acids is 1. The van der Waals surface area contributed by atoms with E-state index >= 15 is 0 Å². The molecule has 0 amide bonds. The molecular weight excluding hydrogens is 293 g/mol. The Morgan fingerprint density at radius 3 is 2.79 bits per heavy atom. The molecule has 1 N–H and O–H groups in total. The summed E-state index contributed by atoms with van der Waals surface area (Å²) in [6, 6.07) is 5.70. The van der Waals surface area contributed by atoms with Gasteiger partial charge in [-0.25, -0.2) is 0 Å². The van der Waals surface area contributed by atoms with Gasteiger partial charge < -0.3 is 5.11 Å². The maximum atomic E-state index is 10.6. The Balaban J connectivity index is 3.31. The van der Waals surface area contributed by atoms with Gasteiger partial charge in [-0.2, -0.15) is 5.26 Å². The zero-order chi connectivity index (χ0) is 10.7. The van der Waals surface area contributed by atoms with Crippen molar-refractivity contribution < 1.29 is 9.90 Å². The molecule has 0 heterocycles. The van der Waals surface area contributed by atoms with Crippen molar-refractivity contribution in [2.24, 2.45) is 0 Å². The average Bonchev–Trinajstić information content (AvgIpc) is 2.11. The zero-order valence-corrected chi connectivity index (χ0v) is 9.70. The van der Waals surface area contributed by atoms with Crippen molar-refractivity contribution in [2.75, 3.05) is 0 Å². The predicted molar refractivity (Wildman–Crippen MR) is 60.0 cm³/mol. The van der Waals surface area contributed by atoms with Crippen LogP contribution in [0.5, 0.6) is 0 Å². The maximum Gasteiger partial charge on any atom is 0.307 e. The second-order valence-corrected chi connectivity index (χ2v) is 4.06. The number of nitrogens with zero attached hydrogens (tertiary/aromatic N) is 1. The Hall–Kier alpha value is -1.09. The second-order valence-electron chi connectivity index (χ2n) is 2.90. The number of carboxylic acid groups (broad SMARTS) is 1. The highest BCUT2D eigenvalue weighted by Crippen LogP contribution is 2.20. The summed E-state index contributed by atoms with van der Waals surface area (Å²) in [6.45, 7) is 1.81. The van der Waals surface area contributed by atoms with Gasteiger partial charge in [-0.1, -0.05) is 6.07 Å². The SMILES string of the molecule is Cc1ccc(I)c(CC(=O)O)c1C#N. The van der Waals surface area contributed by atoms with Crippen LogP contribution in [0.2, 0.25) is 0 Å². The summed E-state index contributed by atoms with van der Waals surface area (Å²) in [4.78, 5) is 10.6. The first-order valence-electron chi connectivity index (χ1n) is 3.96. The molecule has 72 valence electrons. The van der Waals surface area contributed by atoms with Gasteiger partial charge in [0.2, 0.25) is 0 Å². The molecular formula is C10H8INO2. The van der Waals surface area contributed by atoms with Crippen molar-refractivity contribution in [3.63, 3.8) is 0 Å². The molecule has 0 aliphatic carbocycles. The van der Waals surface area contributed by atoms with Gasteiger partial charge in [0.25, 0.3) is 0 Å². The molecule has 0 saturated carbocycles. The summed E-state index contributed by atoms with van der Waals surface area (Å²) in [5.41, 5.74) is 1.92. The van der Waals surface area contributed by atoms with Crippen LogP contribution in [0.25, 0.3) is 0 Å². The number of carbonyl (C=O) groups is 1. The molecule has 0 atom stereocenters. The fourth-order valence-electron chi connectivity index (χ4n) is 1.22. The highest BCUT2D eigenvalue weighted by Gasteiger charge is 2.12. The third-order valence-electron chi connectivity index (χ3n) is 1.90. The Bertz CT molecular complexity index is 421. The van der Waals surface area contributed by atoms with E-state index in [1.165, 1.54) is 0 Å². The van der Waals surface area contributed by atoms with Crippen LogP contribution in [-0.4, -0.2) is 11.1 Å². The van der Waals surface area contributed by atoms with Crippen molar-refractivity contribution in [3.05, 3.63) is 32.4 Å². The Morgan fingerprint density at radius 1 is 1.64 bits per heavy atom. The number of nitriles is 1. The van der Waals surface area contributed by atoms with E-state index in [2.05, 4.69) is 0 Å². The fraction of sp³-hybridized carbons (Fsp3) is 0.200. The maximum absolute atomic E-state index is 10.6. The topological polar surface area (TPSA) is 61.1 Å². The quantitative estimate of drug-likeness (QED) is 0.851. The van der Waals surface area contributed by atoms with Gasteiger partial charge in [0, 0.05) is 3.57 Å². The van der Waals surface area contributed by atoms with Crippen LogP contribution in [0.4, 0.5) is 0 Å². The lowest BCUT2D eigenvalue weighted by molar-refractivity contribution is -0.136. The minimum Gasteiger partial charge on any atom is -0.481 e. The molecule has 0 radical (unpaired) electrons. The lowest BCUT2D eigenvalue weighted by Crippen LogP contribution is -2.05. The summed E-state index contributed by atoms with van der Waals surface area (Å²) in [6.07, 6.45) is -0.0944. The lowest BCUT2D eigenvalue weighted by Gasteiger charge is -2.06. The first kappa shape index (κ1) is 11.0. The van der Waals surface area contributed by atoms with Crippen LogP contribution < -0.4 is 0 Å². The molecule has 4 heteroatoms. The number of benzene rings is 1. The van der Waals surface area contributed by atoms with Crippen molar-refractivity contribution in [3.8, 4) is 6.07 Å². The molecule has 0 aromatic heterocycles. The van der Waals surface area contributed by atoms with E-state index in [4.69, 9.17) is 10.4 Å². The smallest absolute Gasteiger partial charge is 0.307 e. The monoisotopic (exact) mass is 301 g/mol. The third-order valence-corrected chi connectivity index (χ3v) is 2.91. The molecule has 1 aromatic rings. The number of hydrogen-bond donors (Lipinski definition) is 1. The molecule has 1 rings (SSSR count). The molecule has 0 bridgehead atoms. The van der Waals surface area contributed by atoms with E-state index in [0.29, 0.717) is 11.1 Å². The van der Waals surface area contributed by atoms with E-state index in [1.807, 2.05) is 40.8 Å². The molecule has 1 aromatic carbocycles. The first-order chi connectivity index (χ1) is 6.56. The largest absolute Gasteiger partial charge is 0.481 e. The van der Waals surface area contributed by atoms with Gasteiger partial charge in [-0.15, -0.1) is 0 Å². The molecule has 3 nitrogen and oxygen atoms in total. The number of aliphatic carboxylic acids is 1. The van der Waals surface area contributed by atoms with Gasteiger partial charge in [0.1, 0.15) is 0 Å². The van der Waals surface area contributed by atoms with Crippen molar-refractivity contribution in [1.82, 2.24) is 0 Å². The van der Waals surface area contributed by atoms with Crippen molar-refractivity contribution in [2.45, 2.75) is 13.3 Å². The van der Waals surface area contributed by atoms with Gasteiger partial charge in [0.05, 0.1) is 18.1 Å². The highest BCUT2D eigenvalue weighted by atomic mass is 127. The van der Waals surface area contributed by atoms with Crippen LogP contribution in [0, 0.1) is 21.8 Å². The van der Waals surface area contributed by atoms with Gasteiger partial charge in [0.15, 0.2) is 0 Å². The predicted octanol–water partition coefficient (Wildman–Crippen LogP) is 2.10. The van der Waals surface area contributed by atoms with E-state index in [9.17, 15) is 4.79 Å². The van der Waals surface area contributed by atoms with E-state index < -0.39 is 5.97 Å². The molecule has 0 saturated heterocycles. The number of halogens is 1. The Kier molecular flexibility index (Phi) is 3.47. The minimum absolute atomic E-state index is 0.0944. The molecule has 0 spiro atoms. The van der Waals surface area contributed by atoms with Crippen molar-refractivity contribution >= 4 is 28.6 Å². The summed E-state index contributed by atoms with van der Waals surface area (Å²) in [5, 5.41) is 17.6. The molecule has 0 fully saturated rings. The summed E-state index contributed by atoms with van der Waals surface area (Å²) in [5.74, 6) is -0.912. The summed E-state index contributed by atoms with van der Waals surface area (Å²) in [7, 11) is 0. The molecule has 14 heavy (non-hydrogen) atoms. The molecule has 0 aliphatic rings. The number of aryl methyl sites for hydroxylation is 1. The van der Waals surface area contributed by atoms with Crippen LogP contribution >= 0.6 is 22.6 Å². The Labute approximate surface area is 95.5 Å². The van der Waals surface area contributed by atoms with Crippen LogP contribution in [-0.2, 0) is 11.2 Å². The van der Waals surface area contributed by atoms with Gasteiger partial charge in [-0.05, 0) is 46.7 Å². The average molecular weight is 301 g/mol. The van der Waals surface area contributed by atoms with E-state index in [-0.39, 0.29) is 6.42 Å². The van der Waals surface area contributed by atoms with Gasteiger partial charge >= 0.3 is 5.97 Å². The highest BCUT2D eigenvalue weighted by molar-refractivity contribution is 14.1. The van der Waals surface area contributed by atoms with E-state index in [0.717, 1.165) is 9.13 Å². The zero-order valence-electron chi connectivity index (χ0n) is 7.54. The van der Waals surface area contributed by atoms with Crippen molar-refractivity contribution in [1.29, 1.82) is 5.26 Å². The molecule has 0 aliphatic heterocycles. The van der Waals surface area contributed by atoms with Crippen LogP contribution in [0.1, 0.15) is 16.7 Å². The number of rotatable bonds is 2. The second kappa shape index (κ2) is 4.42. The normalized spacial score (nSPS) is 9.50. The first-order valence-corrected chi connectivity index (χ1v) is 5.04. The third kappa shape index (κ3) is 2.23.